The quantitative estimate of drug-likeness (QED) is 0.601. The summed E-state index contributed by atoms with van der Waals surface area (Å²) in [6, 6.07) is 5.62. The molecule has 7 nitrogen and oxygen atoms in total. The zero-order valence-corrected chi connectivity index (χ0v) is 18.8. The number of nitrogens with one attached hydrogen (secondary N) is 1. The van der Waals surface area contributed by atoms with Gasteiger partial charge >= 0.3 is 0 Å². The summed E-state index contributed by atoms with van der Waals surface area (Å²) in [6.07, 6.45) is 3.93. The van der Waals surface area contributed by atoms with E-state index in [0.717, 1.165) is 43.3 Å². The molecule has 0 aliphatic carbocycles. The third-order valence-electron chi connectivity index (χ3n) is 6.28. The van der Waals surface area contributed by atoms with Gasteiger partial charge in [-0.2, -0.15) is 5.10 Å². The first kappa shape index (κ1) is 20.3. The van der Waals surface area contributed by atoms with Gasteiger partial charge in [-0.1, -0.05) is 41.0 Å². The van der Waals surface area contributed by atoms with Crippen LogP contribution in [0.4, 0.5) is 5.82 Å². The predicted octanol–water partition coefficient (Wildman–Crippen LogP) is 4.14. The van der Waals surface area contributed by atoms with E-state index in [1.54, 1.807) is 6.07 Å². The molecule has 2 aliphatic heterocycles. The van der Waals surface area contributed by atoms with Crippen molar-refractivity contribution in [2.45, 2.75) is 41.8 Å². The summed E-state index contributed by atoms with van der Waals surface area (Å²) in [5, 5.41) is 9.12. The lowest BCUT2D eigenvalue weighted by Crippen LogP contribution is -2.50. The fourth-order valence-corrected chi connectivity index (χ4v) is 5.68. The number of aromatic amines is 1. The van der Waals surface area contributed by atoms with Gasteiger partial charge in [0.25, 0.3) is 0 Å². The van der Waals surface area contributed by atoms with Crippen LogP contribution in [0.1, 0.15) is 19.8 Å². The van der Waals surface area contributed by atoms with Gasteiger partial charge in [-0.05, 0) is 31.9 Å². The number of nitrogens with two attached hydrogens (primary N) is 1. The number of anilines is 1. The Labute approximate surface area is 188 Å². The molecular formula is C20H22Cl2N6OS. The van der Waals surface area contributed by atoms with Gasteiger partial charge < -0.3 is 15.4 Å². The van der Waals surface area contributed by atoms with Crippen LogP contribution in [-0.2, 0) is 4.74 Å². The van der Waals surface area contributed by atoms with E-state index >= 15 is 0 Å². The highest BCUT2D eigenvalue weighted by atomic mass is 35.5. The topological polar surface area (TPSA) is 93.0 Å². The summed E-state index contributed by atoms with van der Waals surface area (Å²) < 4.78 is 5.82. The number of nitrogens with zero attached hydrogens (tertiary/aromatic N) is 4. The van der Waals surface area contributed by atoms with E-state index in [1.807, 2.05) is 18.3 Å². The minimum Gasteiger partial charge on any atom is -0.376 e. The number of ether oxygens (including phenoxy) is 1. The maximum Gasteiger partial charge on any atom is 0.177 e. The zero-order chi connectivity index (χ0) is 20.9. The highest BCUT2D eigenvalue weighted by Crippen LogP contribution is 2.42. The molecule has 0 radical (unpaired) electrons. The van der Waals surface area contributed by atoms with E-state index in [-0.39, 0.29) is 17.6 Å². The van der Waals surface area contributed by atoms with E-state index < -0.39 is 0 Å². The van der Waals surface area contributed by atoms with E-state index in [1.165, 1.54) is 11.8 Å². The number of aromatic nitrogens is 4. The first-order valence-corrected chi connectivity index (χ1v) is 11.5. The summed E-state index contributed by atoms with van der Waals surface area (Å²) >= 11 is 13.8. The van der Waals surface area contributed by atoms with Gasteiger partial charge in [0.1, 0.15) is 11.3 Å². The number of hydrogen-bond acceptors (Lipinski definition) is 7. The third-order valence-corrected chi connectivity index (χ3v) is 8.25. The highest BCUT2D eigenvalue weighted by Gasteiger charge is 2.47. The van der Waals surface area contributed by atoms with Crippen molar-refractivity contribution < 1.29 is 4.74 Å². The van der Waals surface area contributed by atoms with Gasteiger partial charge in [-0.15, -0.1) is 0 Å². The van der Waals surface area contributed by atoms with Crippen LogP contribution in [0.15, 0.2) is 34.3 Å². The van der Waals surface area contributed by atoms with E-state index in [9.17, 15) is 0 Å². The number of rotatable bonds is 3. The Kier molecular flexibility index (Phi) is 5.31. The van der Waals surface area contributed by atoms with Gasteiger partial charge in [0, 0.05) is 29.4 Å². The molecule has 10 heteroatoms. The van der Waals surface area contributed by atoms with Crippen molar-refractivity contribution >= 4 is 51.9 Å². The largest absolute Gasteiger partial charge is 0.376 e. The molecule has 0 bridgehead atoms. The van der Waals surface area contributed by atoms with Crippen molar-refractivity contribution in [1.29, 1.82) is 0 Å². The minimum absolute atomic E-state index is 0.0848. The first-order chi connectivity index (χ1) is 14.5. The molecule has 0 unspecified atom stereocenters. The SMILES string of the molecule is C[C@@H]1OCC2(CCN(c3cnc4c(Sc5cccc(Cl)c5Cl)n[nH]c4n3)CC2)[C@@H]1N. The normalized spacial score (nSPS) is 23.5. The first-order valence-electron chi connectivity index (χ1n) is 9.92. The van der Waals surface area contributed by atoms with E-state index in [4.69, 9.17) is 38.7 Å². The van der Waals surface area contributed by atoms with Crippen molar-refractivity contribution in [3.63, 3.8) is 0 Å². The van der Waals surface area contributed by atoms with Crippen molar-refractivity contribution in [1.82, 2.24) is 20.2 Å². The van der Waals surface area contributed by atoms with Crippen LogP contribution in [0.5, 0.6) is 0 Å². The van der Waals surface area contributed by atoms with Gasteiger partial charge in [-0.25, -0.2) is 9.97 Å². The molecule has 1 spiro atoms. The van der Waals surface area contributed by atoms with Crippen LogP contribution in [0.2, 0.25) is 10.0 Å². The standard InChI is InChI=1S/C20H22Cl2N6OS/c1-11-17(23)20(10-29-11)5-7-28(8-6-20)14-9-24-16-18(25-14)26-27-19(16)30-13-4-2-3-12(21)15(13)22/h2-4,9,11,17H,5-8,10,23H2,1H3,(H,25,26,27)/t11-,17+/m0/s1. The molecule has 5 rings (SSSR count). The fraction of sp³-hybridized carbons (Fsp3) is 0.450. The van der Waals surface area contributed by atoms with Crippen molar-refractivity contribution in [2.75, 3.05) is 24.6 Å². The summed E-state index contributed by atoms with van der Waals surface area (Å²) in [5.74, 6) is 0.846. The predicted molar refractivity (Wildman–Crippen MR) is 120 cm³/mol. The maximum atomic E-state index is 6.43. The smallest absolute Gasteiger partial charge is 0.177 e. The Morgan fingerprint density at radius 3 is 2.83 bits per heavy atom. The Bertz CT molecular complexity index is 1080. The summed E-state index contributed by atoms with van der Waals surface area (Å²) in [6.45, 7) is 4.59. The molecule has 158 valence electrons. The van der Waals surface area contributed by atoms with E-state index in [0.29, 0.717) is 26.2 Å². The Balaban J connectivity index is 1.34. The lowest BCUT2D eigenvalue weighted by Gasteiger charge is -2.41. The Hall–Kier alpha value is -1.58. The molecule has 30 heavy (non-hydrogen) atoms. The second-order valence-corrected chi connectivity index (χ2v) is 9.82. The van der Waals surface area contributed by atoms with Gasteiger partial charge in [0.2, 0.25) is 0 Å². The third kappa shape index (κ3) is 3.44. The molecule has 2 saturated heterocycles. The number of piperidine rings is 1. The average molecular weight is 465 g/mol. The number of hydrogen-bond donors (Lipinski definition) is 2. The molecule has 2 aromatic heterocycles. The molecule has 3 aromatic rings. The zero-order valence-electron chi connectivity index (χ0n) is 16.4. The Morgan fingerprint density at radius 1 is 1.30 bits per heavy atom. The van der Waals surface area contributed by atoms with Crippen molar-refractivity contribution in [2.24, 2.45) is 11.1 Å². The maximum absolute atomic E-state index is 6.43. The van der Waals surface area contributed by atoms with Crippen LogP contribution >= 0.6 is 35.0 Å². The van der Waals surface area contributed by atoms with Crippen molar-refractivity contribution in [3.05, 3.63) is 34.4 Å². The van der Waals surface area contributed by atoms with Crippen molar-refractivity contribution in [3.8, 4) is 0 Å². The number of fused-ring (bicyclic) bond motifs is 1. The lowest BCUT2D eigenvalue weighted by molar-refractivity contribution is 0.0974. The second kappa shape index (κ2) is 7.84. The molecule has 2 atom stereocenters. The summed E-state index contributed by atoms with van der Waals surface area (Å²) in [5.41, 5.74) is 7.88. The minimum atomic E-state index is 0.0848. The van der Waals surface area contributed by atoms with Gasteiger partial charge in [0.05, 0.1) is 29.0 Å². The van der Waals surface area contributed by atoms with Crippen LogP contribution < -0.4 is 10.6 Å². The molecule has 2 fully saturated rings. The average Bonchev–Trinajstić information content (AvgIpc) is 3.28. The molecule has 3 N–H and O–H groups in total. The molecule has 4 heterocycles. The number of H-pyrrole nitrogens is 1. The van der Waals surface area contributed by atoms with Crippen LogP contribution in [0.3, 0.4) is 0 Å². The fourth-order valence-electron chi connectivity index (χ4n) is 4.32. The number of halogens is 2. The monoisotopic (exact) mass is 464 g/mol. The van der Waals surface area contributed by atoms with Gasteiger partial charge in [-0.3, -0.25) is 5.10 Å². The summed E-state index contributed by atoms with van der Waals surface area (Å²) in [4.78, 5) is 12.5. The second-order valence-electron chi connectivity index (χ2n) is 8.00. The number of benzene rings is 1. The van der Waals surface area contributed by atoms with Crippen LogP contribution in [0.25, 0.3) is 11.2 Å². The lowest BCUT2D eigenvalue weighted by atomic mass is 9.73. The van der Waals surface area contributed by atoms with Crippen LogP contribution in [0, 0.1) is 5.41 Å². The molecule has 2 aliphatic rings. The molecule has 0 saturated carbocycles. The molecule has 1 aromatic carbocycles. The van der Waals surface area contributed by atoms with Gasteiger partial charge in [0.15, 0.2) is 10.7 Å². The molecule has 0 amide bonds. The highest BCUT2D eigenvalue weighted by molar-refractivity contribution is 7.99. The summed E-state index contributed by atoms with van der Waals surface area (Å²) in [7, 11) is 0. The Morgan fingerprint density at radius 2 is 2.10 bits per heavy atom. The van der Waals surface area contributed by atoms with E-state index in [2.05, 4.69) is 27.0 Å². The molecular weight excluding hydrogens is 443 g/mol. The van der Waals surface area contributed by atoms with Crippen LogP contribution in [-0.4, -0.2) is 52.0 Å².